The molecule has 0 bridgehead atoms. The fourth-order valence-electron chi connectivity index (χ4n) is 1.63. The molecule has 2 N–H and O–H groups in total. The molecule has 0 atom stereocenters. The fraction of sp³-hybridized carbons (Fsp3) is 0.154. The molecule has 0 saturated heterocycles. The first kappa shape index (κ1) is 16.1. The zero-order valence-electron chi connectivity index (χ0n) is 11.8. The molecule has 2 rings (SSSR count). The molecule has 0 unspecified atom stereocenters. The molecular weight excluding hydrogens is 326 g/mol. The molecule has 0 fully saturated rings. The van der Waals surface area contributed by atoms with Crippen LogP contribution < -0.4 is 10.6 Å². The number of nitrogens with zero attached hydrogens (tertiary/aromatic N) is 1. The molecule has 0 aliphatic heterocycles. The van der Waals surface area contributed by atoms with Crippen molar-refractivity contribution < 1.29 is 18.0 Å². The van der Waals surface area contributed by atoms with Gasteiger partial charge >= 0.3 is 0 Å². The van der Waals surface area contributed by atoms with Crippen LogP contribution in [0.15, 0.2) is 34.7 Å². The van der Waals surface area contributed by atoms with Crippen LogP contribution in [0.25, 0.3) is 0 Å². The number of anilines is 2. The topological polar surface area (TPSA) is 105 Å². The molecule has 1 aromatic heterocycles. The average molecular weight is 339 g/mol. The molecule has 0 saturated carbocycles. The summed E-state index contributed by atoms with van der Waals surface area (Å²) >= 11 is 0.864. The second-order valence-electron chi connectivity index (χ2n) is 4.44. The first-order chi connectivity index (χ1) is 10.3. The van der Waals surface area contributed by atoms with Gasteiger partial charge in [-0.2, -0.15) is 0 Å². The van der Waals surface area contributed by atoms with Crippen LogP contribution in [0.3, 0.4) is 0 Å². The Hall–Kier alpha value is -2.26. The number of para-hydroxylation sites is 1. The van der Waals surface area contributed by atoms with Gasteiger partial charge in [-0.05, 0) is 12.1 Å². The summed E-state index contributed by atoms with van der Waals surface area (Å²) in [4.78, 5) is 27.2. The van der Waals surface area contributed by atoms with Gasteiger partial charge < -0.3 is 5.32 Å². The molecule has 1 heterocycles. The molecular formula is C13H13N3O4S2. The second kappa shape index (κ2) is 6.24. The van der Waals surface area contributed by atoms with Gasteiger partial charge in [0.05, 0.1) is 17.4 Å². The monoisotopic (exact) mass is 339 g/mol. The van der Waals surface area contributed by atoms with Gasteiger partial charge in [0.2, 0.25) is 5.91 Å². The maximum Gasteiger partial charge on any atom is 0.259 e. The lowest BCUT2D eigenvalue weighted by Gasteiger charge is -2.08. The third kappa shape index (κ3) is 3.89. The molecule has 2 aromatic rings. The third-order valence-electron chi connectivity index (χ3n) is 2.55. The molecule has 0 aliphatic carbocycles. The quantitative estimate of drug-likeness (QED) is 0.883. The van der Waals surface area contributed by atoms with Crippen molar-refractivity contribution >= 4 is 43.8 Å². The fourth-order valence-corrected chi connectivity index (χ4v) is 3.26. The summed E-state index contributed by atoms with van der Waals surface area (Å²) in [7, 11) is -3.36. The van der Waals surface area contributed by atoms with E-state index in [1.165, 1.54) is 13.1 Å². The number of thiazole rings is 1. The Morgan fingerprint density at radius 1 is 1.18 bits per heavy atom. The number of carbonyl (C=O) groups is 2. The largest absolute Gasteiger partial charge is 0.326 e. The van der Waals surface area contributed by atoms with Crippen LogP contribution in [0.1, 0.15) is 17.3 Å². The van der Waals surface area contributed by atoms with Crippen molar-refractivity contribution in [3.05, 3.63) is 36.0 Å². The van der Waals surface area contributed by atoms with Crippen molar-refractivity contribution in [3.63, 3.8) is 0 Å². The summed E-state index contributed by atoms with van der Waals surface area (Å²) in [5.41, 5.74) is 0.626. The number of aromatic nitrogens is 1. The number of rotatable bonds is 4. The predicted molar refractivity (Wildman–Crippen MR) is 83.9 cm³/mol. The molecule has 22 heavy (non-hydrogen) atoms. The molecule has 7 nitrogen and oxygen atoms in total. The number of carbonyl (C=O) groups excluding carboxylic acids is 2. The second-order valence-corrected chi connectivity index (χ2v) is 7.71. The van der Waals surface area contributed by atoms with Gasteiger partial charge in [-0.15, -0.1) is 0 Å². The van der Waals surface area contributed by atoms with Gasteiger partial charge in [0.15, 0.2) is 15.0 Å². The van der Waals surface area contributed by atoms with Crippen LogP contribution in [-0.2, 0) is 14.6 Å². The molecule has 0 aliphatic rings. The van der Waals surface area contributed by atoms with E-state index in [0.29, 0.717) is 5.69 Å². The van der Waals surface area contributed by atoms with Crippen molar-refractivity contribution in [2.75, 3.05) is 16.9 Å². The van der Waals surface area contributed by atoms with E-state index in [9.17, 15) is 18.0 Å². The average Bonchev–Trinajstić information content (AvgIpc) is 2.87. The van der Waals surface area contributed by atoms with E-state index in [1.54, 1.807) is 24.3 Å². The molecule has 0 radical (unpaired) electrons. The van der Waals surface area contributed by atoms with Crippen LogP contribution in [0, 0.1) is 0 Å². The normalized spacial score (nSPS) is 11.0. The number of amides is 2. The molecule has 9 heteroatoms. The Kier molecular flexibility index (Phi) is 4.57. The van der Waals surface area contributed by atoms with Crippen molar-refractivity contribution in [3.8, 4) is 0 Å². The van der Waals surface area contributed by atoms with Crippen LogP contribution >= 0.6 is 11.3 Å². The van der Waals surface area contributed by atoms with Crippen LogP contribution in [0.5, 0.6) is 0 Å². The minimum absolute atomic E-state index is 0.0675. The van der Waals surface area contributed by atoms with Crippen molar-refractivity contribution in [2.45, 2.75) is 11.1 Å². The standard InChI is InChI=1S/C13H13N3O4S2/c1-8(17)15-10-6-4-3-5-9(10)12(18)16-13-14-7-11(21-13)22(2,19)20/h3-7H,1-2H3,(H,15,17)(H,14,16,18). The highest BCUT2D eigenvalue weighted by molar-refractivity contribution is 7.92. The molecule has 1 aromatic carbocycles. The molecule has 2 amide bonds. The lowest BCUT2D eigenvalue weighted by molar-refractivity contribution is -0.114. The van der Waals surface area contributed by atoms with E-state index in [4.69, 9.17) is 0 Å². The van der Waals surface area contributed by atoms with Gasteiger partial charge in [0, 0.05) is 13.2 Å². The van der Waals surface area contributed by atoms with E-state index in [-0.39, 0.29) is 20.8 Å². The van der Waals surface area contributed by atoms with Gasteiger partial charge in [-0.25, -0.2) is 13.4 Å². The van der Waals surface area contributed by atoms with Crippen molar-refractivity contribution in [1.29, 1.82) is 0 Å². The van der Waals surface area contributed by atoms with Gasteiger partial charge in [0.1, 0.15) is 4.21 Å². The Morgan fingerprint density at radius 2 is 1.86 bits per heavy atom. The Bertz CT molecular complexity index is 827. The van der Waals surface area contributed by atoms with Crippen LogP contribution in [0.4, 0.5) is 10.8 Å². The number of hydrogen-bond donors (Lipinski definition) is 2. The van der Waals surface area contributed by atoms with Crippen molar-refractivity contribution in [1.82, 2.24) is 4.98 Å². The Morgan fingerprint density at radius 3 is 2.45 bits per heavy atom. The van der Waals surface area contributed by atoms with Gasteiger partial charge in [0.25, 0.3) is 5.91 Å². The molecule has 0 spiro atoms. The summed E-state index contributed by atoms with van der Waals surface area (Å²) in [5, 5.41) is 5.24. The highest BCUT2D eigenvalue weighted by Crippen LogP contribution is 2.24. The summed E-state index contributed by atoms with van der Waals surface area (Å²) < 4.78 is 22.8. The Labute approximate surface area is 131 Å². The zero-order chi connectivity index (χ0) is 16.3. The highest BCUT2D eigenvalue weighted by Gasteiger charge is 2.16. The summed E-state index contributed by atoms with van der Waals surface area (Å²) in [6, 6.07) is 6.49. The van der Waals surface area contributed by atoms with E-state index >= 15 is 0 Å². The highest BCUT2D eigenvalue weighted by atomic mass is 32.2. The summed E-state index contributed by atoms with van der Waals surface area (Å²) in [6.07, 6.45) is 2.26. The van der Waals surface area contributed by atoms with Crippen LogP contribution in [-0.4, -0.2) is 31.5 Å². The number of nitrogens with one attached hydrogen (secondary N) is 2. The first-order valence-corrected chi connectivity index (χ1v) is 8.82. The third-order valence-corrected chi connectivity index (χ3v) is 5.25. The van der Waals surface area contributed by atoms with E-state index in [0.717, 1.165) is 17.6 Å². The first-order valence-electron chi connectivity index (χ1n) is 6.11. The smallest absolute Gasteiger partial charge is 0.259 e. The van der Waals surface area contributed by atoms with E-state index in [2.05, 4.69) is 15.6 Å². The predicted octanol–water partition coefficient (Wildman–Crippen LogP) is 1.76. The summed E-state index contributed by atoms with van der Waals surface area (Å²) in [6.45, 7) is 1.34. The minimum atomic E-state index is -3.36. The summed E-state index contributed by atoms with van der Waals surface area (Å²) in [5.74, 6) is -0.785. The lowest BCUT2D eigenvalue weighted by atomic mass is 10.1. The lowest BCUT2D eigenvalue weighted by Crippen LogP contribution is -2.16. The van der Waals surface area contributed by atoms with Gasteiger partial charge in [-0.1, -0.05) is 23.5 Å². The SMILES string of the molecule is CC(=O)Nc1ccccc1C(=O)Nc1ncc(S(C)(=O)=O)s1. The molecule has 116 valence electrons. The van der Waals surface area contributed by atoms with Crippen LogP contribution in [0.2, 0.25) is 0 Å². The number of benzene rings is 1. The van der Waals surface area contributed by atoms with Gasteiger partial charge in [-0.3, -0.25) is 14.9 Å². The Balaban J connectivity index is 2.23. The van der Waals surface area contributed by atoms with E-state index in [1.807, 2.05) is 0 Å². The number of hydrogen-bond acceptors (Lipinski definition) is 6. The maximum atomic E-state index is 12.2. The van der Waals surface area contributed by atoms with Crippen molar-refractivity contribution in [2.24, 2.45) is 0 Å². The number of sulfone groups is 1. The zero-order valence-corrected chi connectivity index (χ0v) is 13.4. The minimum Gasteiger partial charge on any atom is -0.326 e. The van der Waals surface area contributed by atoms with E-state index < -0.39 is 15.7 Å². The maximum absolute atomic E-state index is 12.2.